The highest BCUT2D eigenvalue weighted by molar-refractivity contribution is 4.92. The summed E-state index contributed by atoms with van der Waals surface area (Å²) in [6.07, 6.45) is 13.0. The molecule has 2 heteroatoms. The van der Waals surface area contributed by atoms with Crippen molar-refractivity contribution in [3.63, 3.8) is 0 Å². The van der Waals surface area contributed by atoms with Gasteiger partial charge in [0.2, 0.25) is 0 Å². The van der Waals surface area contributed by atoms with E-state index in [0.717, 1.165) is 6.04 Å². The average Bonchev–Trinajstić information content (AvgIpc) is 3.25. The molecule has 0 spiro atoms. The Morgan fingerprint density at radius 1 is 0.950 bits per heavy atom. The third kappa shape index (κ3) is 3.98. The zero-order valence-electron chi connectivity index (χ0n) is 13.7. The smallest absolute Gasteiger partial charge is 0.00684 e. The van der Waals surface area contributed by atoms with Crippen molar-refractivity contribution < 1.29 is 0 Å². The Balaban J connectivity index is 1.54. The molecule has 1 N–H and O–H groups in total. The molecule has 0 bridgehead atoms. The lowest BCUT2D eigenvalue weighted by molar-refractivity contribution is 0.0593. The van der Waals surface area contributed by atoms with E-state index in [9.17, 15) is 0 Å². The summed E-state index contributed by atoms with van der Waals surface area (Å²) in [5.74, 6) is 0. The molecule has 2 aliphatic carbocycles. The molecule has 0 aromatic carbocycles. The molecule has 2 nitrogen and oxygen atoms in total. The van der Waals surface area contributed by atoms with Gasteiger partial charge in [0.25, 0.3) is 0 Å². The standard InChI is InChI=1S/C18H34N2/c1-17(2)10-12-20(13-11-17)15-18(8-4-3-5-9-18)14-19-16-6-7-16/h16,19H,3-15H2,1-2H3. The molecule has 0 aromatic heterocycles. The van der Waals surface area contributed by atoms with Gasteiger partial charge in [0.05, 0.1) is 0 Å². The number of hydrogen-bond acceptors (Lipinski definition) is 2. The Morgan fingerprint density at radius 3 is 2.20 bits per heavy atom. The Hall–Kier alpha value is -0.0800. The van der Waals surface area contributed by atoms with Crippen LogP contribution in [0.15, 0.2) is 0 Å². The molecule has 0 amide bonds. The fourth-order valence-electron chi connectivity index (χ4n) is 4.13. The highest BCUT2D eigenvalue weighted by Crippen LogP contribution is 2.39. The Morgan fingerprint density at radius 2 is 1.60 bits per heavy atom. The molecule has 0 radical (unpaired) electrons. The third-order valence-corrected chi connectivity index (χ3v) is 6.03. The number of likely N-dealkylation sites (tertiary alicyclic amines) is 1. The van der Waals surface area contributed by atoms with Crippen LogP contribution < -0.4 is 5.32 Å². The van der Waals surface area contributed by atoms with E-state index >= 15 is 0 Å². The number of rotatable bonds is 5. The third-order valence-electron chi connectivity index (χ3n) is 6.03. The monoisotopic (exact) mass is 278 g/mol. The van der Waals surface area contributed by atoms with Crippen molar-refractivity contribution >= 4 is 0 Å². The minimum absolute atomic E-state index is 0.586. The van der Waals surface area contributed by atoms with Crippen molar-refractivity contribution in [1.29, 1.82) is 0 Å². The molecule has 0 unspecified atom stereocenters. The van der Waals surface area contributed by atoms with E-state index in [4.69, 9.17) is 0 Å². The van der Waals surface area contributed by atoms with Crippen LogP contribution in [0.25, 0.3) is 0 Å². The van der Waals surface area contributed by atoms with E-state index < -0.39 is 0 Å². The van der Waals surface area contributed by atoms with Crippen molar-refractivity contribution in [3.8, 4) is 0 Å². The first-order valence-electron chi connectivity index (χ1n) is 9.03. The molecule has 20 heavy (non-hydrogen) atoms. The van der Waals surface area contributed by atoms with E-state index in [1.807, 2.05) is 0 Å². The van der Waals surface area contributed by atoms with E-state index in [2.05, 4.69) is 24.1 Å². The Labute approximate surface area is 125 Å². The highest BCUT2D eigenvalue weighted by atomic mass is 15.1. The quantitative estimate of drug-likeness (QED) is 0.822. The SMILES string of the molecule is CC1(C)CCN(CC2(CNC3CC3)CCCCC2)CC1. The van der Waals surface area contributed by atoms with Crippen molar-refractivity contribution in [2.75, 3.05) is 26.2 Å². The summed E-state index contributed by atoms with van der Waals surface area (Å²) in [5.41, 5.74) is 1.19. The molecule has 3 aliphatic rings. The van der Waals surface area contributed by atoms with Crippen LogP contribution in [0.4, 0.5) is 0 Å². The first-order valence-corrected chi connectivity index (χ1v) is 9.03. The lowest BCUT2D eigenvalue weighted by Gasteiger charge is -2.45. The van der Waals surface area contributed by atoms with Crippen LogP contribution in [0, 0.1) is 10.8 Å². The predicted octanol–water partition coefficient (Wildman–Crippen LogP) is 3.81. The minimum atomic E-state index is 0.586. The Bertz CT molecular complexity index is 303. The van der Waals surface area contributed by atoms with E-state index in [0.29, 0.717) is 10.8 Å². The van der Waals surface area contributed by atoms with Crippen LogP contribution in [-0.4, -0.2) is 37.1 Å². The zero-order chi connectivity index (χ0) is 14.1. The number of nitrogens with one attached hydrogen (secondary N) is 1. The molecule has 1 saturated heterocycles. The molecule has 2 saturated carbocycles. The summed E-state index contributed by atoms with van der Waals surface area (Å²) in [6.45, 7) is 10.2. The molecule has 1 heterocycles. The van der Waals surface area contributed by atoms with Gasteiger partial charge in [0, 0.05) is 19.1 Å². The second kappa shape index (κ2) is 5.96. The molecule has 3 fully saturated rings. The summed E-state index contributed by atoms with van der Waals surface area (Å²) < 4.78 is 0. The van der Waals surface area contributed by atoms with Crippen LogP contribution in [-0.2, 0) is 0 Å². The molecule has 0 atom stereocenters. The maximum atomic E-state index is 3.85. The topological polar surface area (TPSA) is 15.3 Å². The predicted molar refractivity (Wildman–Crippen MR) is 86.0 cm³/mol. The first-order chi connectivity index (χ1) is 9.57. The lowest BCUT2D eigenvalue weighted by atomic mass is 9.72. The van der Waals surface area contributed by atoms with Gasteiger partial charge in [-0.2, -0.15) is 0 Å². The normalized spacial score (nSPS) is 30.3. The van der Waals surface area contributed by atoms with Crippen molar-refractivity contribution in [2.45, 2.75) is 77.7 Å². The number of hydrogen-bond donors (Lipinski definition) is 1. The number of nitrogens with zero attached hydrogens (tertiary/aromatic N) is 1. The largest absolute Gasteiger partial charge is 0.313 e. The van der Waals surface area contributed by atoms with Crippen LogP contribution in [0.1, 0.15) is 71.6 Å². The summed E-state index contributed by atoms with van der Waals surface area (Å²) in [4.78, 5) is 2.78. The van der Waals surface area contributed by atoms with Crippen LogP contribution in [0.2, 0.25) is 0 Å². The maximum Gasteiger partial charge on any atom is 0.00684 e. The molecule has 3 rings (SSSR count). The number of piperidine rings is 1. The Kier molecular flexibility index (Phi) is 4.42. The van der Waals surface area contributed by atoms with Gasteiger partial charge in [-0.25, -0.2) is 0 Å². The fraction of sp³-hybridized carbons (Fsp3) is 1.00. The highest BCUT2D eigenvalue weighted by Gasteiger charge is 2.37. The lowest BCUT2D eigenvalue weighted by Crippen LogP contribution is -2.48. The summed E-state index contributed by atoms with van der Waals surface area (Å²) in [5, 5.41) is 3.85. The molecular formula is C18H34N2. The summed E-state index contributed by atoms with van der Waals surface area (Å²) in [7, 11) is 0. The van der Waals surface area contributed by atoms with Gasteiger partial charge in [-0.3, -0.25) is 0 Å². The van der Waals surface area contributed by atoms with Gasteiger partial charge in [0.15, 0.2) is 0 Å². The fourth-order valence-corrected chi connectivity index (χ4v) is 4.13. The maximum absolute atomic E-state index is 3.85. The first kappa shape index (κ1) is 14.8. The average molecular weight is 278 g/mol. The minimum Gasteiger partial charge on any atom is -0.313 e. The molecule has 0 aromatic rings. The van der Waals surface area contributed by atoms with E-state index in [1.165, 1.54) is 84.0 Å². The summed E-state index contributed by atoms with van der Waals surface area (Å²) in [6, 6.07) is 0.870. The summed E-state index contributed by atoms with van der Waals surface area (Å²) >= 11 is 0. The second-order valence-electron chi connectivity index (χ2n) is 8.66. The van der Waals surface area contributed by atoms with Gasteiger partial charge < -0.3 is 10.2 Å². The zero-order valence-corrected chi connectivity index (χ0v) is 13.7. The van der Waals surface area contributed by atoms with Crippen molar-refractivity contribution in [3.05, 3.63) is 0 Å². The van der Waals surface area contributed by atoms with Crippen LogP contribution in [0.5, 0.6) is 0 Å². The van der Waals surface area contributed by atoms with E-state index in [1.54, 1.807) is 0 Å². The van der Waals surface area contributed by atoms with Crippen molar-refractivity contribution in [1.82, 2.24) is 10.2 Å². The van der Waals surface area contributed by atoms with Gasteiger partial charge in [0.1, 0.15) is 0 Å². The van der Waals surface area contributed by atoms with Crippen molar-refractivity contribution in [2.24, 2.45) is 10.8 Å². The second-order valence-corrected chi connectivity index (χ2v) is 8.66. The van der Waals surface area contributed by atoms with Crippen LogP contribution in [0.3, 0.4) is 0 Å². The van der Waals surface area contributed by atoms with Gasteiger partial charge in [-0.1, -0.05) is 33.1 Å². The van der Waals surface area contributed by atoms with Gasteiger partial charge in [-0.15, -0.1) is 0 Å². The van der Waals surface area contributed by atoms with Gasteiger partial charge in [-0.05, 0) is 62.4 Å². The van der Waals surface area contributed by atoms with Gasteiger partial charge >= 0.3 is 0 Å². The molecule has 1 aliphatic heterocycles. The van der Waals surface area contributed by atoms with E-state index in [-0.39, 0.29) is 0 Å². The van der Waals surface area contributed by atoms with Crippen LogP contribution >= 0.6 is 0 Å². The molecular weight excluding hydrogens is 244 g/mol. The molecule has 116 valence electrons.